The van der Waals surface area contributed by atoms with Gasteiger partial charge >= 0.3 is 6.18 Å². The molecule has 0 aliphatic rings. The van der Waals surface area contributed by atoms with Gasteiger partial charge in [0, 0.05) is 37.3 Å². The van der Waals surface area contributed by atoms with Gasteiger partial charge in [-0.05, 0) is 42.0 Å². The number of amides is 1. The number of rotatable bonds is 6. The van der Waals surface area contributed by atoms with Crippen LogP contribution in [0.3, 0.4) is 0 Å². The standard InChI is InChI=1S/C24H18F4N6O/c25-17-7-5-15(6-8-17)19-13-20-23-31-30-21(33(23)11-12-34(20)32-19)9-10-22(35)29-14-16-3-1-2-4-18(16)24(26,27)28/h1-8,11-13H,9-10,14H2,(H,29,35). The van der Waals surface area contributed by atoms with Crippen LogP contribution in [0, 0.1) is 5.82 Å². The van der Waals surface area contributed by atoms with Gasteiger partial charge in [-0.15, -0.1) is 10.2 Å². The minimum Gasteiger partial charge on any atom is -0.352 e. The second-order valence-electron chi connectivity index (χ2n) is 7.91. The number of fused-ring (bicyclic) bond motifs is 3. The summed E-state index contributed by atoms with van der Waals surface area (Å²) in [5, 5.41) is 15.4. The lowest BCUT2D eigenvalue weighted by Gasteiger charge is -2.13. The molecule has 0 spiro atoms. The fourth-order valence-electron chi connectivity index (χ4n) is 3.85. The Morgan fingerprint density at radius 1 is 1.00 bits per heavy atom. The predicted octanol–water partition coefficient (Wildman–Crippen LogP) is 4.45. The molecule has 7 nitrogen and oxygen atoms in total. The summed E-state index contributed by atoms with van der Waals surface area (Å²) in [7, 11) is 0. The summed E-state index contributed by atoms with van der Waals surface area (Å²) in [5.74, 6) is -0.212. The van der Waals surface area contributed by atoms with Gasteiger partial charge in [0.25, 0.3) is 0 Å². The van der Waals surface area contributed by atoms with E-state index in [1.165, 1.54) is 30.3 Å². The zero-order chi connectivity index (χ0) is 24.6. The first kappa shape index (κ1) is 22.5. The lowest BCUT2D eigenvalue weighted by atomic mass is 10.1. The first-order valence-corrected chi connectivity index (χ1v) is 10.7. The van der Waals surface area contributed by atoms with Crippen molar-refractivity contribution in [2.24, 2.45) is 0 Å². The van der Waals surface area contributed by atoms with E-state index in [-0.39, 0.29) is 30.8 Å². The second-order valence-corrected chi connectivity index (χ2v) is 7.91. The summed E-state index contributed by atoms with van der Waals surface area (Å²) in [6.45, 7) is -0.224. The molecule has 3 aromatic heterocycles. The molecule has 35 heavy (non-hydrogen) atoms. The molecule has 0 aliphatic heterocycles. The maximum absolute atomic E-state index is 13.2. The van der Waals surface area contributed by atoms with Gasteiger partial charge in [0.2, 0.25) is 5.91 Å². The molecule has 0 bridgehead atoms. The Morgan fingerprint density at radius 3 is 2.54 bits per heavy atom. The molecule has 178 valence electrons. The van der Waals surface area contributed by atoms with Crippen LogP contribution in [0.15, 0.2) is 67.0 Å². The van der Waals surface area contributed by atoms with Gasteiger partial charge in [-0.25, -0.2) is 8.91 Å². The molecule has 0 saturated heterocycles. The van der Waals surface area contributed by atoms with Crippen LogP contribution in [-0.2, 0) is 23.9 Å². The number of carbonyl (C=O) groups excluding carboxylic acids is 1. The molecule has 0 aliphatic carbocycles. The van der Waals surface area contributed by atoms with E-state index in [1.807, 2.05) is 6.07 Å². The lowest BCUT2D eigenvalue weighted by molar-refractivity contribution is -0.138. The van der Waals surface area contributed by atoms with Gasteiger partial charge in [0.15, 0.2) is 5.65 Å². The molecule has 0 atom stereocenters. The highest BCUT2D eigenvalue weighted by Crippen LogP contribution is 2.31. The van der Waals surface area contributed by atoms with Crippen molar-refractivity contribution in [1.82, 2.24) is 29.5 Å². The molecular weight excluding hydrogens is 464 g/mol. The van der Waals surface area contributed by atoms with Crippen LogP contribution in [0.5, 0.6) is 0 Å². The number of benzene rings is 2. The summed E-state index contributed by atoms with van der Waals surface area (Å²) >= 11 is 0. The van der Waals surface area contributed by atoms with Crippen molar-refractivity contribution < 1.29 is 22.4 Å². The normalized spacial score (nSPS) is 11.9. The molecule has 11 heteroatoms. The predicted molar refractivity (Wildman–Crippen MR) is 119 cm³/mol. The third-order valence-corrected chi connectivity index (χ3v) is 5.60. The molecule has 0 unspecified atom stereocenters. The van der Waals surface area contributed by atoms with Crippen LogP contribution in [0.1, 0.15) is 23.4 Å². The second kappa shape index (κ2) is 8.82. The molecule has 1 amide bonds. The summed E-state index contributed by atoms with van der Waals surface area (Å²) in [5.41, 5.74) is 1.83. The smallest absolute Gasteiger partial charge is 0.352 e. The summed E-state index contributed by atoms with van der Waals surface area (Å²) < 4.78 is 56.0. The number of nitrogens with zero attached hydrogens (tertiary/aromatic N) is 5. The van der Waals surface area contributed by atoms with Crippen LogP contribution in [-0.4, -0.2) is 30.1 Å². The van der Waals surface area contributed by atoms with E-state index in [1.54, 1.807) is 33.4 Å². The van der Waals surface area contributed by atoms with Crippen molar-refractivity contribution in [2.75, 3.05) is 0 Å². The summed E-state index contributed by atoms with van der Waals surface area (Å²) in [6.07, 6.45) is -0.784. The van der Waals surface area contributed by atoms with Gasteiger partial charge in [-0.1, -0.05) is 18.2 Å². The van der Waals surface area contributed by atoms with Crippen molar-refractivity contribution in [1.29, 1.82) is 0 Å². The molecule has 5 aromatic rings. The van der Waals surface area contributed by atoms with Crippen LogP contribution >= 0.6 is 0 Å². The highest BCUT2D eigenvalue weighted by Gasteiger charge is 2.32. The number of aryl methyl sites for hydroxylation is 1. The zero-order valence-electron chi connectivity index (χ0n) is 18.1. The average Bonchev–Trinajstić information content (AvgIpc) is 3.45. The molecule has 1 N–H and O–H groups in total. The third-order valence-electron chi connectivity index (χ3n) is 5.60. The zero-order valence-corrected chi connectivity index (χ0v) is 18.1. The van der Waals surface area contributed by atoms with Crippen molar-refractivity contribution >= 4 is 17.1 Å². The molecule has 2 aromatic carbocycles. The van der Waals surface area contributed by atoms with E-state index in [0.717, 1.165) is 11.6 Å². The van der Waals surface area contributed by atoms with Gasteiger partial charge in [0.1, 0.15) is 17.2 Å². The van der Waals surface area contributed by atoms with Crippen molar-refractivity contribution in [3.05, 3.63) is 89.8 Å². The van der Waals surface area contributed by atoms with Crippen LogP contribution in [0.2, 0.25) is 0 Å². The Kier molecular flexibility index (Phi) is 5.67. The molecular formula is C24H18F4N6O. The Hall–Kier alpha value is -4.28. The van der Waals surface area contributed by atoms with Crippen LogP contribution in [0.25, 0.3) is 22.4 Å². The number of halogens is 4. The fraction of sp³-hybridized carbons (Fsp3) is 0.167. The van der Waals surface area contributed by atoms with E-state index >= 15 is 0 Å². The van der Waals surface area contributed by atoms with Gasteiger partial charge in [0.05, 0.1) is 11.3 Å². The van der Waals surface area contributed by atoms with Crippen LogP contribution < -0.4 is 5.32 Å². The lowest BCUT2D eigenvalue weighted by Crippen LogP contribution is -2.25. The van der Waals surface area contributed by atoms with E-state index in [4.69, 9.17) is 0 Å². The Bertz CT molecular complexity index is 1520. The quantitative estimate of drug-likeness (QED) is 0.363. The number of alkyl halides is 3. The molecule has 0 fully saturated rings. The Morgan fingerprint density at radius 2 is 1.77 bits per heavy atom. The largest absolute Gasteiger partial charge is 0.416 e. The average molecular weight is 482 g/mol. The first-order chi connectivity index (χ1) is 16.8. The molecule has 3 heterocycles. The highest BCUT2D eigenvalue weighted by atomic mass is 19.4. The van der Waals surface area contributed by atoms with Gasteiger partial charge < -0.3 is 5.32 Å². The van der Waals surface area contributed by atoms with E-state index in [0.29, 0.717) is 22.7 Å². The van der Waals surface area contributed by atoms with Crippen molar-refractivity contribution in [3.8, 4) is 11.3 Å². The summed E-state index contributed by atoms with van der Waals surface area (Å²) in [6, 6.07) is 12.9. The summed E-state index contributed by atoms with van der Waals surface area (Å²) in [4.78, 5) is 12.3. The number of hydrogen-bond acceptors (Lipinski definition) is 4. The van der Waals surface area contributed by atoms with Crippen molar-refractivity contribution in [2.45, 2.75) is 25.6 Å². The van der Waals surface area contributed by atoms with E-state index < -0.39 is 17.6 Å². The molecule has 0 radical (unpaired) electrons. The number of carbonyl (C=O) groups is 1. The number of hydrogen-bond donors (Lipinski definition) is 1. The minimum absolute atomic E-state index is 0.00126. The number of aromatic nitrogens is 5. The van der Waals surface area contributed by atoms with Crippen LogP contribution in [0.4, 0.5) is 17.6 Å². The molecule has 5 rings (SSSR count). The number of nitrogens with one attached hydrogen (secondary N) is 1. The first-order valence-electron chi connectivity index (χ1n) is 10.7. The van der Waals surface area contributed by atoms with Crippen molar-refractivity contribution in [3.63, 3.8) is 0 Å². The van der Waals surface area contributed by atoms with Gasteiger partial charge in [-0.3, -0.25) is 9.20 Å². The maximum atomic E-state index is 13.2. The third kappa shape index (κ3) is 4.57. The fourth-order valence-corrected chi connectivity index (χ4v) is 3.85. The molecule has 0 saturated carbocycles. The Labute approximate surface area is 196 Å². The highest BCUT2D eigenvalue weighted by molar-refractivity contribution is 5.77. The Balaban J connectivity index is 1.29. The topological polar surface area (TPSA) is 76.6 Å². The minimum atomic E-state index is -4.49. The van der Waals surface area contributed by atoms with E-state index in [9.17, 15) is 22.4 Å². The monoisotopic (exact) mass is 482 g/mol. The maximum Gasteiger partial charge on any atom is 0.416 e. The van der Waals surface area contributed by atoms with E-state index in [2.05, 4.69) is 20.6 Å². The SMILES string of the molecule is O=C(CCc1nnc2c3cc(-c4ccc(F)cc4)nn3ccn12)NCc1ccccc1C(F)(F)F. The van der Waals surface area contributed by atoms with Gasteiger partial charge in [-0.2, -0.15) is 18.3 Å².